The van der Waals surface area contributed by atoms with Gasteiger partial charge in [-0.05, 0) is 72.9 Å². The van der Waals surface area contributed by atoms with E-state index < -0.39 is 17.7 Å². The average molecular weight is 449 g/mol. The van der Waals surface area contributed by atoms with Crippen molar-refractivity contribution in [3.8, 4) is 16.2 Å². The Morgan fingerprint density at radius 2 is 1.81 bits per heavy atom. The molecule has 1 atom stereocenters. The normalized spacial score (nSPS) is 12.5. The number of ether oxygens (including phenoxy) is 1. The first-order chi connectivity index (χ1) is 14.7. The van der Waals surface area contributed by atoms with E-state index in [9.17, 15) is 18.0 Å². The minimum Gasteiger partial charge on any atom is -0.485 e. The van der Waals surface area contributed by atoms with Gasteiger partial charge in [-0.3, -0.25) is 4.79 Å². The minimum absolute atomic E-state index is 0.0839. The standard InChI is InChI=1S/C24H23F3O3S/c1-3-20(30-19-10-6-16(15(2)14-19)7-13-23(28)29)22-12-11-21(31-22)17-4-8-18(9-5-17)24(25,26)27/h4-6,8-12,14,20H,3,7,13H2,1-2H3,(H,28,29). The number of carboxylic acid groups (broad SMARTS) is 1. The van der Waals surface area contributed by atoms with Crippen molar-refractivity contribution >= 4 is 17.3 Å². The molecule has 0 radical (unpaired) electrons. The van der Waals surface area contributed by atoms with Gasteiger partial charge in [-0.1, -0.05) is 25.1 Å². The maximum Gasteiger partial charge on any atom is 0.416 e. The highest BCUT2D eigenvalue weighted by Crippen LogP contribution is 2.37. The number of aryl methyl sites for hydroxylation is 2. The van der Waals surface area contributed by atoms with Crippen molar-refractivity contribution in [1.82, 2.24) is 0 Å². The van der Waals surface area contributed by atoms with E-state index in [0.717, 1.165) is 45.0 Å². The number of carbonyl (C=O) groups is 1. The molecule has 0 saturated heterocycles. The molecule has 0 aliphatic carbocycles. The van der Waals surface area contributed by atoms with Gasteiger partial charge >= 0.3 is 12.1 Å². The summed E-state index contributed by atoms with van der Waals surface area (Å²) in [6.07, 6.45) is -3.24. The molecule has 1 unspecified atom stereocenters. The van der Waals surface area contributed by atoms with Crippen LogP contribution in [0.4, 0.5) is 13.2 Å². The SMILES string of the molecule is CCC(Oc1ccc(CCC(=O)O)c(C)c1)c1ccc(-c2ccc(C(F)(F)F)cc2)s1. The van der Waals surface area contributed by atoms with Gasteiger partial charge < -0.3 is 9.84 Å². The fraction of sp³-hybridized carbons (Fsp3) is 0.292. The van der Waals surface area contributed by atoms with Crippen LogP contribution >= 0.6 is 11.3 Å². The van der Waals surface area contributed by atoms with Crippen molar-refractivity contribution in [1.29, 1.82) is 0 Å². The summed E-state index contributed by atoms with van der Waals surface area (Å²) in [5.41, 5.74) is 2.02. The van der Waals surface area contributed by atoms with E-state index in [1.165, 1.54) is 23.5 Å². The molecule has 31 heavy (non-hydrogen) atoms. The van der Waals surface area contributed by atoms with E-state index in [0.29, 0.717) is 12.2 Å². The molecule has 3 aromatic rings. The number of halogens is 3. The van der Waals surface area contributed by atoms with Crippen LogP contribution in [0.3, 0.4) is 0 Å². The Hall–Kier alpha value is -2.80. The van der Waals surface area contributed by atoms with Crippen LogP contribution in [0, 0.1) is 6.92 Å². The van der Waals surface area contributed by atoms with Gasteiger partial charge in [-0.2, -0.15) is 13.2 Å². The molecule has 0 saturated carbocycles. The van der Waals surface area contributed by atoms with Crippen LogP contribution in [-0.4, -0.2) is 11.1 Å². The minimum atomic E-state index is -4.35. The second-order valence-corrected chi connectivity index (χ2v) is 8.39. The molecule has 164 valence electrons. The van der Waals surface area contributed by atoms with Crippen molar-refractivity contribution in [3.63, 3.8) is 0 Å². The summed E-state index contributed by atoms with van der Waals surface area (Å²) in [7, 11) is 0. The highest BCUT2D eigenvalue weighted by molar-refractivity contribution is 7.15. The summed E-state index contributed by atoms with van der Waals surface area (Å²) in [4.78, 5) is 12.7. The predicted octanol–water partition coefficient (Wildman–Crippen LogP) is 7.29. The lowest BCUT2D eigenvalue weighted by molar-refractivity contribution is -0.138. The van der Waals surface area contributed by atoms with E-state index in [2.05, 4.69) is 0 Å². The van der Waals surface area contributed by atoms with E-state index in [1.54, 1.807) is 0 Å². The number of carboxylic acids is 1. The Morgan fingerprint density at radius 3 is 2.39 bits per heavy atom. The number of hydrogen-bond donors (Lipinski definition) is 1. The molecule has 0 spiro atoms. The Bertz CT molecular complexity index is 1040. The Morgan fingerprint density at radius 1 is 1.10 bits per heavy atom. The third-order valence-electron chi connectivity index (χ3n) is 5.01. The third-order valence-corrected chi connectivity index (χ3v) is 6.24. The highest BCUT2D eigenvalue weighted by atomic mass is 32.1. The first-order valence-corrected chi connectivity index (χ1v) is 10.7. The molecule has 3 nitrogen and oxygen atoms in total. The zero-order valence-electron chi connectivity index (χ0n) is 17.2. The molecule has 3 rings (SSSR count). The van der Waals surface area contributed by atoms with E-state index in [4.69, 9.17) is 9.84 Å². The Labute approximate surface area is 183 Å². The van der Waals surface area contributed by atoms with Crippen LogP contribution < -0.4 is 4.74 Å². The van der Waals surface area contributed by atoms with Crippen molar-refractivity contribution < 1.29 is 27.8 Å². The second kappa shape index (κ2) is 9.56. The number of alkyl halides is 3. The van der Waals surface area contributed by atoms with Gasteiger partial charge in [0.1, 0.15) is 11.9 Å². The molecule has 1 aromatic heterocycles. The lowest BCUT2D eigenvalue weighted by Gasteiger charge is -2.17. The van der Waals surface area contributed by atoms with Gasteiger partial charge in [0.05, 0.1) is 5.56 Å². The first kappa shape index (κ1) is 22.9. The summed E-state index contributed by atoms with van der Waals surface area (Å²) < 4.78 is 44.5. The lowest BCUT2D eigenvalue weighted by atomic mass is 10.0. The van der Waals surface area contributed by atoms with Gasteiger partial charge in [0.2, 0.25) is 0 Å². The van der Waals surface area contributed by atoms with Crippen molar-refractivity contribution in [2.75, 3.05) is 0 Å². The molecular weight excluding hydrogens is 425 g/mol. The van der Waals surface area contributed by atoms with Crippen molar-refractivity contribution in [2.24, 2.45) is 0 Å². The maximum absolute atomic E-state index is 12.8. The van der Waals surface area contributed by atoms with Crippen LogP contribution in [0.2, 0.25) is 0 Å². The van der Waals surface area contributed by atoms with Gasteiger partial charge in [-0.25, -0.2) is 0 Å². The van der Waals surface area contributed by atoms with Gasteiger partial charge in [0, 0.05) is 16.2 Å². The third kappa shape index (κ3) is 5.88. The topological polar surface area (TPSA) is 46.5 Å². The molecule has 0 amide bonds. The first-order valence-electron chi connectivity index (χ1n) is 9.92. The maximum atomic E-state index is 12.8. The second-order valence-electron chi connectivity index (χ2n) is 7.27. The quantitative estimate of drug-likeness (QED) is 0.394. The van der Waals surface area contributed by atoms with E-state index in [1.807, 2.05) is 44.2 Å². The number of hydrogen-bond acceptors (Lipinski definition) is 3. The summed E-state index contributed by atoms with van der Waals surface area (Å²) in [5.74, 6) is -0.125. The molecule has 2 aromatic carbocycles. The van der Waals surface area contributed by atoms with E-state index >= 15 is 0 Å². The Balaban J connectivity index is 1.73. The molecule has 0 aliphatic rings. The summed E-state index contributed by atoms with van der Waals surface area (Å²) in [5, 5.41) is 8.86. The van der Waals surface area contributed by atoms with Crippen LogP contribution in [-0.2, 0) is 17.4 Å². The summed E-state index contributed by atoms with van der Waals surface area (Å²) >= 11 is 1.50. The van der Waals surface area contributed by atoms with Gasteiger partial charge in [0.15, 0.2) is 0 Å². The fourth-order valence-corrected chi connectivity index (χ4v) is 4.40. The highest BCUT2D eigenvalue weighted by Gasteiger charge is 2.30. The number of benzene rings is 2. The molecule has 7 heteroatoms. The monoisotopic (exact) mass is 448 g/mol. The number of rotatable bonds is 8. The van der Waals surface area contributed by atoms with Crippen molar-refractivity contribution in [2.45, 2.75) is 45.4 Å². The number of thiophene rings is 1. The van der Waals surface area contributed by atoms with Crippen LogP contribution in [0.25, 0.3) is 10.4 Å². The van der Waals surface area contributed by atoms with Crippen LogP contribution in [0.5, 0.6) is 5.75 Å². The molecule has 0 bridgehead atoms. The average Bonchev–Trinajstić information content (AvgIpc) is 3.20. The summed E-state index contributed by atoms with van der Waals surface area (Å²) in [6, 6.07) is 14.6. The van der Waals surface area contributed by atoms with Gasteiger partial charge in [0.25, 0.3) is 0 Å². The zero-order chi connectivity index (χ0) is 22.6. The predicted molar refractivity (Wildman–Crippen MR) is 116 cm³/mol. The van der Waals surface area contributed by atoms with Gasteiger partial charge in [-0.15, -0.1) is 11.3 Å². The molecule has 0 aliphatic heterocycles. The zero-order valence-corrected chi connectivity index (χ0v) is 18.0. The van der Waals surface area contributed by atoms with Crippen molar-refractivity contribution in [3.05, 3.63) is 76.2 Å². The molecule has 1 N–H and O–H groups in total. The number of aliphatic carboxylic acids is 1. The molecular formula is C24H23F3O3S. The van der Waals surface area contributed by atoms with Crippen LogP contribution in [0.15, 0.2) is 54.6 Å². The molecule has 0 fully saturated rings. The Kier molecular flexibility index (Phi) is 7.05. The van der Waals surface area contributed by atoms with Crippen LogP contribution in [0.1, 0.15) is 47.4 Å². The fourth-order valence-electron chi connectivity index (χ4n) is 3.28. The smallest absolute Gasteiger partial charge is 0.416 e. The largest absolute Gasteiger partial charge is 0.485 e. The van der Waals surface area contributed by atoms with E-state index in [-0.39, 0.29) is 12.5 Å². The molecule has 1 heterocycles. The summed E-state index contributed by atoms with van der Waals surface area (Å²) in [6.45, 7) is 3.94. The lowest BCUT2D eigenvalue weighted by Crippen LogP contribution is -2.05.